The third kappa shape index (κ3) is 2.89. The molecule has 2 aromatic rings. The molecule has 0 unspecified atom stereocenters. The molecule has 90 valence electrons. The van der Waals surface area contributed by atoms with Crippen LogP contribution in [0.5, 0.6) is 0 Å². The van der Waals surface area contributed by atoms with E-state index in [2.05, 4.69) is 35.0 Å². The molecule has 0 fully saturated rings. The number of anilines is 1. The van der Waals surface area contributed by atoms with Crippen molar-refractivity contribution in [3.05, 3.63) is 36.4 Å². The highest BCUT2D eigenvalue weighted by molar-refractivity contribution is 6.18. The van der Waals surface area contributed by atoms with Crippen LogP contribution in [0.4, 0.5) is 5.82 Å². The molecular weight excluding hydrogens is 232 g/mol. The number of alkyl halides is 1. The van der Waals surface area contributed by atoms with Gasteiger partial charge in [0.1, 0.15) is 5.82 Å². The minimum absolute atomic E-state index is 0.633. The molecule has 0 aliphatic rings. The van der Waals surface area contributed by atoms with Crippen LogP contribution in [0.1, 0.15) is 13.3 Å². The van der Waals surface area contributed by atoms with Crippen LogP contribution in [0, 0.1) is 0 Å². The lowest BCUT2D eigenvalue weighted by molar-refractivity contribution is 0.783. The zero-order chi connectivity index (χ0) is 12.1. The Balaban J connectivity index is 2.32. The van der Waals surface area contributed by atoms with Gasteiger partial charge in [-0.25, -0.2) is 4.98 Å². The van der Waals surface area contributed by atoms with Gasteiger partial charge in [0.15, 0.2) is 0 Å². The zero-order valence-corrected chi connectivity index (χ0v) is 10.8. The monoisotopic (exact) mass is 248 g/mol. The first-order valence-electron chi connectivity index (χ1n) is 6.02. The van der Waals surface area contributed by atoms with E-state index in [9.17, 15) is 0 Å². The third-order valence-corrected chi connectivity index (χ3v) is 2.92. The van der Waals surface area contributed by atoms with Crippen molar-refractivity contribution in [2.24, 2.45) is 0 Å². The van der Waals surface area contributed by atoms with E-state index < -0.39 is 0 Å². The predicted octanol–water partition coefficient (Wildman–Crippen LogP) is 3.69. The van der Waals surface area contributed by atoms with Crippen molar-refractivity contribution in [3.63, 3.8) is 0 Å². The first-order valence-corrected chi connectivity index (χ1v) is 6.55. The number of fused-ring (bicyclic) bond motifs is 1. The maximum atomic E-state index is 5.83. The zero-order valence-electron chi connectivity index (χ0n) is 10.1. The first kappa shape index (κ1) is 12.2. The number of hydrogen-bond donors (Lipinski definition) is 0. The number of rotatable bonds is 5. The molecule has 1 aromatic carbocycles. The lowest BCUT2D eigenvalue weighted by Gasteiger charge is -2.22. The molecule has 1 heterocycles. The van der Waals surface area contributed by atoms with Crippen LogP contribution in [0.25, 0.3) is 10.9 Å². The van der Waals surface area contributed by atoms with Crippen LogP contribution in [-0.4, -0.2) is 24.0 Å². The lowest BCUT2D eigenvalue weighted by Crippen LogP contribution is -2.27. The van der Waals surface area contributed by atoms with Gasteiger partial charge in [-0.1, -0.05) is 25.1 Å². The molecule has 0 bridgehead atoms. The molecule has 0 saturated carbocycles. The standard InChI is InChI=1S/C14H17ClN2/c1-2-10-17(11-9-15)14-8-7-12-5-3-4-6-13(12)16-14/h3-8H,2,9-11H2,1H3. The molecule has 1 aromatic heterocycles. The SMILES string of the molecule is CCCN(CCCl)c1ccc2ccccc2n1. The smallest absolute Gasteiger partial charge is 0.129 e. The molecule has 0 saturated heterocycles. The highest BCUT2D eigenvalue weighted by Crippen LogP contribution is 2.18. The summed E-state index contributed by atoms with van der Waals surface area (Å²) in [5.74, 6) is 1.65. The second-order valence-corrected chi connectivity index (χ2v) is 4.42. The number of aromatic nitrogens is 1. The topological polar surface area (TPSA) is 16.1 Å². The molecule has 2 nitrogen and oxygen atoms in total. The minimum atomic E-state index is 0.633. The molecule has 0 aliphatic heterocycles. The van der Waals surface area contributed by atoms with Crippen LogP contribution in [-0.2, 0) is 0 Å². The molecular formula is C14H17ClN2. The summed E-state index contributed by atoms with van der Waals surface area (Å²) in [4.78, 5) is 6.92. The molecule has 0 aliphatic carbocycles. The Morgan fingerprint density at radius 3 is 2.71 bits per heavy atom. The summed E-state index contributed by atoms with van der Waals surface area (Å²) in [7, 11) is 0. The van der Waals surface area contributed by atoms with E-state index in [-0.39, 0.29) is 0 Å². The Hall–Kier alpha value is -1.28. The van der Waals surface area contributed by atoms with E-state index in [0.29, 0.717) is 5.88 Å². The van der Waals surface area contributed by atoms with Gasteiger partial charge in [-0.05, 0) is 24.6 Å². The van der Waals surface area contributed by atoms with Gasteiger partial charge in [-0.2, -0.15) is 0 Å². The highest BCUT2D eigenvalue weighted by Gasteiger charge is 2.06. The van der Waals surface area contributed by atoms with Gasteiger partial charge in [-0.3, -0.25) is 0 Å². The van der Waals surface area contributed by atoms with Gasteiger partial charge in [0.05, 0.1) is 5.52 Å². The summed E-state index contributed by atoms with van der Waals surface area (Å²) < 4.78 is 0. The average molecular weight is 249 g/mol. The summed E-state index contributed by atoms with van der Waals surface area (Å²) in [5.41, 5.74) is 1.04. The van der Waals surface area contributed by atoms with Crippen LogP contribution in [0.3, 0.4) is 0 Å². The summed E-state index contributed by atoms with van der Waals surface area (Å²) in [5, 5.41) is 1.18. The van der Waals surface area contributed by atoms with Crippen LogP contribution < -0.4 is 4.90 Å². The van der Waals surface area contributed by atoms with Gasteiger partial charge < -0.3 is 4.90 Å². The van der Waals surface area contributed by atoms with E-state index in [1.165, 1.54) is 5.39 Å². The van der Waals surface area contributed by atoms with Gasteiger partial charge >= 0.3 is 0 Å². The van der Waals surface area contributed by atoms with Crippen molar-refractivity contribution in [3.8, 4) is 0 Å². The fraction of sp³-hybridized carbons (Fsp3) is 0.357. The van der Waals surface area contributed by atoms with Crippen molar-refractivity contribution in [1.82, 2.24) is 4.98 Å². The molecule has 2 rings (SSSR count). The van der Waals surface area contributed by atoms with E-state index in [4.69, 9.17) is 11.6 Å². The number of para-hydroxylation sites is 1. The fourth-order valence-corrected chi connectivity index (χ4v) is 2.15. The molecule has 17 heavy (non-hydrogen) atoms. The van der Waals surface area contributed by atoms with Crippen molar-refractivity contribution < 1.29 is 0 Å². The van der Waals surface area contributed by atoms with Crippen molar-refractivity contribution in [2.45, 2.75) is 13.3 Å². The molecule has 0 radical (unpaired) electrons. The maximum Gasteiger partial charge on any atom is 0.129 e. The number of nitrogens with zero attached hydrogens (tertiary/aromatic N) is 2. The predicted molar refractivity (Wildman–Crippen MR) is 75.0 cm³/mol. The Bertz CT molecular complexity index is 478. The number of pyridine rings is 1. The number of halogens is 1. The Labute approximate surface area is 107 Å². The van der Waals surface area contributed by atoms with Crippen molar-refractivity contribution in [2.75, 3.05) is 23.9 Å². The van der Waals surface area contributed by atoms with E-state index in [1.807, 2.05) is 18.2 Å². The summed E-state index contributed by atoms with van der Waals surface area (Å²) >= 11 is 5.83. The summed E-state index contributed by atoms with van der Waals surface area (Å²) in [6, 6.07) is 12.4. The number of hydrogen-bond acceptors (Lipinski definition) is 2. The average Bonchev–Trinajstić information content (AvgIpc) is 2.38. The van der Waals surface area contributed by atoms with Crippen LogP contribution >= 0.6 is 11.6 Å². The van der Waals surface area contributed by atoms with Crippen LogP contribution in [0.2, 0.25) is 0 Å². The van der Waals surface area contributed by atoms with E-state index in [1.54, 1.807) is 0 Å². The minimum Gasteiger partial charge on any atom is -0.355 e. The van der Waals surface area contributed by atoms with E-state index in [0.717, 1.165) is 30.8 Å². The molecule has 0 spiro atoms. The summed E-state index contributed by atoms with van der Waals surface area (Å²) in [6.07, 6.45) is 1.10. The molecule has 0 amide bonds. The molecule has 3 heteroatoms. The van der Waals surface area contributed by atoms with Gasteiger partial charge in [0.2, 0.25) is 0 Å². The van der Waals surface area contributed by atoms with Crippen molar-refractivity contribution >= 4 is 28.3 Å². The van der Waals surface area contributed by atoms with Crippen LogP contribution in [0.15, 0.2) is 36.4 Å². The molecule has 0 atom stereocenters. The Kier molecular flexibility index (Phi) is 4.21. The molecule has 0 N–H and O–H groups in total. The largest absolute Gasteiger partial charge is 0.355 e. The van der Waals surface area contributed by atoms with Gasteiger partial charge in [0.25, 0.3) is 0 Å². The lowest BCUT2D eigenvalue weighted by atomic mass is 10.2. The third-order valence-electron chi connectivity index (χ3n) is 2.76. The normalized spacial score (nSPS) is 10.7. The second-order valence-electron chi connectivity index (χ2n) is 4.04. The Morgan fingerprint density at radius 1 is 1.12 bits per heavy atom. The fourth-order valence-electron chi connectivity index (χ4n) is 1.94. The van der Waals surface area contributed by atoms with Crippen molar-refractivity contribution in [1.29, 1.82) is 0 Å². The second kappa shape index (κ2) is 5.87. The van der Waals surface area contributed by atoms with Gasteiger partial charge in [0, 0.05) is 24.4 Å². The first-order chi connectivity index (χ1) is 8.35. The Morgan fingerprint density at radius 2 is 1.94 bits per heavy atom. The summed E-state index contributed by atoms with van der Waals surface area (Å²) in [6.45, 7) is 4.01. The highest BCUT2D eigenvalue weighted by atomic mass is 35.5. The maximum absolute atomic E-state index is 5.83. The van der Waals surface area contributed by atoms with E-state index >= 15 is 0 Å². The van der Waals surface area contributed by atoms with Gasteiger partial charge in [-0.15, -0.1) is 11.6 Å². The quantitative estimate of drug-likeness (QED) is 0.751. The number of benzene rings is 1.